The van der Waals surface area contributed by atoms with Gasteiger partial charge in [0, 0.05) is 44.6 Å². The topological polar surface area (TPSA) is 196 Å². The van der Waals surface area contributed by atoms with Crippen LogP contribution < -0.4 is 5.32 Å². The number of nitrogens with zero attached hydrogens (tertiary/aromatic N) is 1. The monoisotopic (exact) mass is 849 g/mol. The molecule has 0 amide bonds. The first-order valence-corrected chi connectivity index (χ1v) is 21.9. The van der Waals surface area contributed by atoms with Gasteiger partial charge in [-0.2, -0.15) is 0 Å². The van der Waals surface area contributed by atoms with Crippen molar-refractivity contribution >= 4 is 5.97 Å². The molecule has 59 heavy (non-hydrogen) atoms. The van der Waals surface area contributed by atoms with Crippen molar-refractivity contribution in [3.8, 4) is 0 Å². The molecule has 346 valence electrons. The van der Waals surface area contributed by atoms with Crippen molar-refractivity contribution < 1.29 is 67.9 Å². The third-order valence-electron chi connectivity index (χ3n) is 13.6. The van der Waals surface area contributed by atoms with Crippen LogP contribution in [0.15, 0.2) is 0 Å². The minimum absolute atomic E-state index is 0.138. The van der Waals surface area contributed by atoms with E-state index in [0.29, 0.717) is 32.5 Å². The number of hydrogen-bond acceptors (Lipinski definition) is 16. The number of likely N-dealkylation sites (N-methyl/N-ethyl adjacent to an activating group) is 1. The largest absolute Gasteiger partial charge is 0.459 e. The standard InChI is InChI=1S/C43H80N2O14/c1-15-16-30-43(10,50)38-25(4)33(44-31(57-38)22-53-18-17-51-13)23(2)20-41(8,49)37(59-40-34(46)29(45(11)12)19-24(3)54-40)26(5)35(27(6)39(48)56-30)58-32-21-42(9,52-14)36(47)28(7)55-32/h23-38,40,44,46-47,49-50H,15-22H2,1-14H3/t23-,24-,25+,26+,27-,28+,29+,30?,31-,32+,33+,34-,35?,36+,37-,38-,40+,41-,42-,43-/m1/s1. The molecule has 2 bridgehead atoms. The van der Waals surface area contributed by atoms with Gasteiger partial charge in [-0.3, -0.25) is 10.1 Å². The van der Waals surface area contributed by atoms with Crippen LogP contribution in [0.2, 0.25) is 0 Å². The van der Waals surface area contributed by atoms with E-state index in [2.05, 4.69) is 5.32 Å². The summed E-state index contributed by atoms with van der Waals surface area (Å²) in [6.45, 7) is 19.3. The van der Waals surface area contributed by atoms with E-state index in [0.717, 1.165) is 0 Å². The Morgan fingerprint density at radius 2 is 1.59 bits per heavy atom. The third kappa shape index (κ3) is 11.7. The summed E-state index contributed by atoms with van der Waals surface area (Å²) in [5, 5.41) is 51.8. The van der Waals surface area contributed by atoms with Gasteiger partial charge in [0.1, 0.15) is 30.1 Å². The fourth-order valence-electron chi connectivity index (χ4n) is 10.1. The lowest BCUT2D eigenvalue weighted by Crippen LogP contribution is -2.67. The van der Waals surface area contributed by atoms with Gasteiger partial charge in [-0.05, 0) is 80.8 Å². The number of aliphatic hydroxyl groups excluding tert-OH is 2. The minimum Gasteiger partial charge on any atom is -0.459 e. The fraction of sp³-hybridized carbons (Fsp3) is 0.977. The van der Waals surface area contributed by atoms with Crippen LogP contribution in [0.1, 0.15) is 101 Å². The molecule has 0 spiro atoms. The van der Waals surface area contributed by atoms with Crippen molar-refractivity contribution in [2.45, 2.75) is 198 Å². The van der Waals surface area contributed by atoms with E-state index >= 15 is 0 Å². The zero-order chi connectivity index (χ0) is 44.2. The maximum atomic E-state index is 14.6. The van der Waals surface area contributed by atoms with Gasteiger partial charge in [-0.1, -0.05) is 34.1 Å². The first kappa shape index (κ1) is 50.6. The Morgan fingerprint density at radius 1 is 0.915 bits per heavy atom. The molecular formula is C43H80N2O14. The second-order valence-electron chi connectivity index (χ2n) is 19.0. The van der Waals surface area contributed by atoms with Gasteiger partial charge in [0.25, 0.3) is 0 Å². The van der Waals surface area contributed by atoms with E-state index in [4.69, 9.17) is 42.6 Å². The van der Waals surface area contributed by atoms with Crippen molar-refractivity contribution in [1.29, 1.82) is 0 Å². The zero-order valence-electron chi connectivity index (χ0n) is 38.3. The summed E-state index contributed by atoms with van der Waals surface area (Å²) >= 11 is 0. The van der Waals surface area contributed by atoms with E-state index in [-0.39, 0.29) is 49.5 Å². The fourth-order valence-corrected chi connectivity index (χ4v) is 10.1. The highest BCUT2D eigenvalue weighted by Crippen LogP contribution is 2.43. The Morgan fingerprint density at radius 3 is 2.20 bits per heavy atom. The number of hydrogen-bond donors (Lipinski definition) is 5. The molecule has 4 aliphatic rings. The van der Waals surface area contributed by atoms with Crippen molar-refractivity contribution in [2.75, 3.05) is 48.1 Å². The van der Waals surface area contributed by atoms with E-state index in [1.54, 1.807) is 41.7 Å². The number of methoxy groups -OCH3 is 2. The van der Waals surface area contributed by atoms with Crippen LogP contribution in [0.3, 0.4) is 0 Å². The summed E-state index contributed by atoms with van der Waals surface area (Å²) in [6.07, 6.45) is -7.60. The molecule has 4 heterocycles. The molecule has 4 rings (SSSR count). The van der Waals surface area contributed by atoms with Crippen LogP contribution in [-0.2, 0) is 47.4 Å². The molecule has 4 aliphatic heterocycles. The molecule has 4 saturated heterocycles. The van der Waals surface area contributed by atoms with E-state index < -0.39 is 96.1 Å². The number of ether oxygens (including phenoxy) is 9. The average Bonchev–Trinajstić information content (AvgIpc) is 3.16. The quantitative estimate of drug-likeness (QED) is 0.134. The summed E-state index contributed by atoms with van der Waals surface area (Å²) in [4.78, 5) is 16.6. The van der Waals surface area contributed by atoms with Gasteiger partial charge in [-0.25, -0.2) is 0 Å². The van der Waals surface area contributed by atoms with Crippen LogP contribution in [0.4, 0.5) is 0 Å². The normalized spacial score (nSPS) is 48.1. The molecule has 4 fully saturated rings. The molecule has 0 radical (unpaired) electrons. The first-order valence-electron chi connectivity index (χ1n) is 21.9. The van der Waals surface area contributed by atoms with Crippen molar-refractivity contribution in [3.63, 3.8) is 0 Å². The van der Waals surface area contributed by atoms with Gasteiger partial charge < -0.3 is 68.0 Å². The summed E-state index contributed by atoms with van der Waals surface area (Å²) in [5.41, 5.74) is -4.27. The van der Waals surface area contributed by atoms with Crippen molar-refractivity contribution in [2.24, 2.45) is 23.7 Å². The predicted octanol–water partition coefficient (Wildman–Crippen LogP) is 2.59. The summed E-state index contributed by atoms with van der Waals surface area (Å²) in [5.74, 6) is -2.94. The lowest BCUT2D eigenvalue weighted by molar-refractivity contribution is -0.318. The lowest BCUT2D eigenvalue weighted by atomic mass is 9.71. The van der Waals surface area contributed by atoms with Gasteiger partial charge in [-0.15, -0.1) is 0 Å². The molecule has 0 aromatic carbocycles. The number of aliphatic hydroxyl groups is 4. The Labute approximate surface area is 353 Å². The summed E-state index contributed by atoms with van der Waals surface area (Å²) < 4.78 is 56.0. The highest BCUT2D eigenvalue weighted by molar-refractivity contribution is 5.73. The zero-order valence-corrected chi connectivity index (χ0v) is 38.3. The van der Waals surface area contributed by atoms with Gasteiger partial charge in [0.15, 0.2) is 12.6 Å². The van der Waals surface area contributed by atoms with Crippen LogP contribution in [0, 0.1) is 23.7 Å². The van der Waals surface area contributed by atoms with E-state index in [1.807, 2.05) is 53.6 Å². The van der Waals surface area contributed by atoms with Crippen molar-refractivity contribution in [1.82, 2.24) is 10.2 Å². The third-order valence-corrected chi connectivity index (χ3v) is 13.6. The highest BCUT2D eigenvalue weighted by atomic mass is 16.7. The smallest absolute Gasteiger partial charge is 0.311 e. The van der Waals surface area contributed by atoms with E-state index in [9.17, 15) is 25.2 Å². The molecule has 0 aliphatic carbocycles. The molecule has 20 atom stereocenters. The molecular weight excluding hydrogens is 768 g/mol. The predicted molar refractivity (Wildman–Crippen MR) is 218 cm³/mol. The molecule has 0 saturated carbocycles. The number of fused-ring (bicyclic) bond motifs is 2. The Hall–Kier alpha value is -1.09. The Balaban J connectivity index is 1.85. The lowest BCUT2D eigenvalue weighted by Gasteiger charge is -2.52. The van der Waals surface area contributed by atoms with Crippen LogP contribution >= 0.6 is 0 Å². The number of rotatable bonds is 13. The number of cyclic esters (lactones) is 1. The second kappa shape index (κ2) is 21.1. The van der Waals surface area contributed by atoms with Gasteiger partial charge >= 0.3 is 5.97 Å². The minimum atomic E-state index is -1.64. The molecule has 16 heteroatoms. The maximum absolute atomic E-state index is 14.6. The van der Waals surface area contributed by atoms with Crippen LogP contribution in [-0.4, -0.2) is 176 Å². The Bertz CT molecular complexity index is 1310. The SMILES string of the molecule is CCCC1OC(=O)[C@H](C)C(O[C@H]2C[C@@](C)(OC)[C@@H](O)[C@H](C)O2)[C@H](C)[C@@H](O[C@@H]2O[C@H](C)C[C@H](N(C)C)[C@H]2O)[C@](C)(O)C[C@@H](C)[C@@H]2N[C@@H](COCCOC)O[C@H]([C@H]2C)[C@]1(C)O. The average molecular weight is 849 g/mol. The molecule has 5 N–H and O–H groups in total. The molecule has 16 nitrogen and oxygen atoms in total. The number of carbonyl (C=O) groups is 1. The number of esters is 1. The first-order chi connectivity index (χ1) is 27.5. The second-order valence-corrected chi connectivity index (χ2v) is 19.0. The highest BCUT2D eigenvalue weighted by Gasteiger charge is 2.55. The molecule has 0 aromatic rings. The Kier molecular flexibility index (Phi) is 18.0. The summed E-state index contributed by atoms with van der Waals surface area (Å²) in [6, 6.07) is -0.594. The van der Waals surface area contributed by atoms with E-state index in [1.165, 1.54) is 7.11 Å². The van der Waals surface area contributed by atoms with Crippen LogP contribution in [0.5, 0.6) is 0 Å². The number of nitrogens with one attached hydrogen (secondary N) is 1. The van der Waals surface area contributed by atoms with Gasteiger partial charge in [0.2, 0.25) is 0 Å². The molecule has 2 unspecified atom stereocenters. The number of carbonyl (C=O) groups excluding carboxylic acids is 1. The molecule has 0 aromatic heterocycles. The van der Waals surface area contributed by atoms with Gasteiger partial charge in [0.05, 0.1) is 67.5 Å². The van der Waals surface area contributed by atoms with Crippen LogP contribution in [0.25, 0.3) is 0 Å². The summed E-state index contributed by atoms with van der Waals surface area (Å²) in [7, 11) is 6.91. The van der Waals surface area contributed by atoms with Crippen molar-refractivity contribution in [3.05, 3.63) is 0 Å². The maximum Gasteiger partial charge on any atom is 0.311 e.